The van der Waals surface area contributed by atoms with E-state index in [9.17, 15) is 0 Å². The zero-order chi connectivity index (χ0) is 17.0. The van der Waals surface area contributed by atoms with Crippen molar-refractivity contribution in [2.24, 2.45) is 4.99 Å². The summed E-state index contributed by atoms with van der Waals surface area (Å²) < 4.78 is 7.80. The van der Waals surface area contributed by atoms with Crippen LogP contribution in [0, 0.1) is 0 Å². The van der Waals surface area contributed by atoms with Gasteiger partial charge in [-0.25, -0.2) is 4.99 Å². The second-order valence-electron chi connectivity index (χ2n) is 6.08. The molecule has 0 aromatic carbocycles. The molecule has 24 heavy (non-hydrogen) atoms. The molecule has 1 aromatic heterocycles. The van der Waals surface area contributed by atoms with Gasteiger partial charge in [0.2, 0.25) is 0 Å². The van der Waals surface area contributed by atoms with Gasteiger partial charge in [0.1, 0.15) is 12.4 Å². The minimum atomic E-state index is 0.565. The van der Waals surface area contributed by atoms with E-state index in [2.05, 4.69) is 44.2 Å². The molecule has 1 aliphatic heterocycles. The average molecular weight is 336 g/mol. The van der Waals surface area contributed by atoms with Crippen molar-refractivity contribution in [1.29, 1.82) is 0 Å². The first-order valence-corrected chi connectivity index (χ1v) is 9.36. The van der Waals surface area contributed by atoms with E-state index in [1.165, 1.54) is 19.3 Å². The molecule has 136 valence electrons. The Kier molecular flexibility index (Phi) is 8.59. The zero-order valence-corrected chi connectivity index (χ0v) is 15.2. The number of rotatable bonds is 10. The first-order chi connectivity index (χ1) is 11.8. The monoisotopic (exact) mass is 336 g/mol. The van der Waals surface area contributed by atoms with E-state index in [1.54, 1.807) is 0 Å². The number of ether oxygens (including phenoxy) is 1. The van der Waals surface area contributed by atoms with Gasteiger partial charge >= 0.3 is 0 Å². The van der Waals surface area contributed by atoms with Gasteiger partial charge in [0, 0.05) is 39.3 Å². The number of nitrogens with one attached hydrogen (secondary N) is 2. The normalized spacial score (nSPS) is 14.5. The van der Waals surface area contributed by atoms with Crippen molar-refractivity contribution in [3.8, 4) is 0 Å². The third kappa shape index (κ3) is 6.11. The van der Waals surface area contributed by atoms with Crippen LogP contribution < -0.4 is 10.6 Å². The molecule has 0 bridgehead atoms. The third-order valence-electron chi connectivity index (χ3n) is 4.06. The molecule has 2 heterocycles. The number of unbranched alkanes of at least 4 members (excludes halogenated alkanes) is 1. The molecule has 0 saturated carbocycles. The summed E-state index contributed by atoms with van der Waals surface area (Å²) in [4.78, 5) is 4.64. The maximum absolute atomic E-state index is 5.58. The number of hydrogen-bond donors (Lipinski definition) is 2. The van der Waals surface area contributed by atoms with Crippen LogP contribution in [0.4, 0.5) is 0 Å². The molecule has 0 saturated heterocycles. The summed E-state index contributed by atoms with van der Waals surface area (Å²) >= 11 is 0. The van der Waals surface area contributed by atoms with E-state index >= 15 is 0 Å². The lowest BCUT2D eigenvalue weighted by atomic mass is 10.2. The summed E-state index contributed by atoms with van der Waals surface area (Å²) in [6, 6.07) is 0. The molecule has 0 atom stereocenters. The van der Waals surface area contributed by atoms with Crippen molar-refractivity contribution in [2.75, 3.05) is 26.3 Å². The van der Waals surface area contributed by atoms with Crippen LogP contribution in [0.2, 0.25) is 0 Å². The molecule has 1 aromatic rings. The standard InChI is InChI=1S/C17H32N6O/c1-3-5-12-24-13-8-10-19-17(18-4-2)20-14-16-22-21-15-9-6-7-11-23(15)16/h3-14H2,1-2H3,(H2,18,19,20). The number of aromatic nitrogens is 3. The van der Waals surface area contributed by atoms with Crippen LogP contribution in [0.3, 0.4) is 0 Å². The van der Waals surface area contributed by atoms with Crippen LogP contribution in [-0.2, 0) is 24.2 Å². The van der Waals surface area contributed by atoms with Crippen LogP contribution in [0.15, 0.2) is 4.99 Å². The second kappa shape index (κ2) is 11.0. The van der Waals surface area contributed by atoms with Crippen LogP contribution in [0.1, 0.15) is 57.6 Å². The minimum Gasteiger partial charge on any atom is -0.381 e. The molecule has 1 aliphatic rings. The Morgan fingerprint density at radius 3 is 2.88 bits per heavy atom. The molecule has 0 fully saturated rings. The first kappa shape index (κ1) is 18.7. The molecule has 0 amide bonds. The SMILES string of the molecule is CCCCOCCCNC(=NCc1nnc2n1CCCC2)NCC. The van der Waals surface area contributed by atoms with Gasteiger partial charge in [-0.2, -0.15) is 0 Å². The van der Waals surface area contributed by atoms with Crippen molar-refractivity contribution in [3.63, 3.8) is 0 Å². The minimum absolute atomic E-state index is 0.565. The largest absolute Gasteiger partial charge is 0.381 e. The van der Waals surface area contributed by atoms with Crippen molar-refractivity contribution in [3.05, 3.63) is 11.6 Å². The van der Waals surface area contributed by atoms with E-state index in [-0.39, 0.29) is 0 Å². The van der Waals surface area contributed by atoms with Crippen LogP contribution in [0.25, 0.3) is 0 Å². The van der Waals surface area contributed by atoms with Gasteiger partial charge in [-0.05, 0) is 32.6 Å². The highest BCUT2D eigenvalue weighted by molar-refractivity contribution is 5.79. The number of aryl methyl sites for hydroxylation is 1. The molecule has 7 nitrogen and oxygen atoms in total. The molecule has 0 radical (unpaired) electrons. The van der Waals surface area contributed by atoms with Gasteiger partial charge in [-0.1, -0.05) is 13.3 Å². The number of nitrogens with zero attached hydrogens (tertiary/aromatic N) is 4. The summed E-state index contributed by atoms with van der Waals surface area (Å²) in [6.45, 7) is 9.20. The molecule has 7 heteroatoms. The molecular weight excluding hydrogens is 304 g/mol. The predicted octanol–water partition coefficient (Wildman–Crippen LogP) is 1.88. The van der Waals surface area contributed by atoms with Crippen molar-refractivity contribution in [2.45, 2.75) is 65.5 Å². The highest BCUT2D eigenvalue weighted by Gasteiger charge is 2.15. The van der Waals surface area contributed by atoms with Crippen LogP contribution >= 0.6 is 0 Å². The summed E-state index contributed by atoms with van der Waals surface area (Å²) in [5.41, 5.74) is 0. The smallest absolute Gasteiger partial charge is 0.191 e. The number of hydrogen-bond acceptors (Lipinski definition) is 4. The van der Waals surface area contributed by atoms with E-state index in [4.69, 9.17) is 4.74 Å². The van der Waals surface area contributed by atoms with Crippen LogP contribution in [0.5, 0.6) is 0 Å². The Morgan fingerprint density at radius 1 is 1.17 bits per heavy atom. The summed E-state index contributed by atoms with van der Waals surface area (Å²) in [5, 5.41) is 15.2. The van der Waals surface area contributed by atoms with Crippen molar-refractivity contribution in [1.82, 2.24) is 25.4 Å². The lowest BCUT2D eigenvalue weighted by molar-refractivity contribution is 0.129. The molecule has 2 rings (SSSR count). The van der Waals surface area contributed by atoms with E-state index < -0.39 is 0 Å². The van der Waals surface area contributed by atoms with Gasteiger partial charge in [0.25, 0.3) is 0 Å². The fraction of sp³-hybridized carbons (Fsp3) is 0.824. The maximum Gasteiger partial charge on any atom is 0.191 e. The average Bonchev–Trinajstić information content (AvgIpc) is 3.02. The van der Waals surface area contributed by atoms with E-state index in [1.807, 2.05) is 0 Å². The van der Waals surface area contributed by atoms with Crippen LogP contribution in [-0.4, -0.2) is 47.0 Å². The Labute approximate surface area is 145 Å². The first-order valence-electron chi connectivity index (χ1n) is 9.36. The summed E-state index contributed by atoms with van der Waals surface area (Å²) in [6.07, 6.45) is 6.76. The lowest BCUT2D eigenvalue weighted by Crippen LogP contribution is -2.38. The Morgan fingerprint density at radius 2 is 2.04 bits per heavy atom. The molecule has 0 spiro atoms. The van der Waals surface area contributed by atoms with Gasteiger partial charge in [-0.15, -0.1) is 10.2 Å². The quantitative estimate of drug-likeness (QED) is 0.387. The summed E-state index contributed by atoms with van der Waals surface area (Å²) in [7, 11) is 0. The van der Waals surface area contributed by atoms with Gasteiger partial charge < -0.3 is 19.9 Å². The fourth-order valence-corrected chi connectivity index (χ4v) is 2.71. The fourth-order valence-electron chi connectivity index (χ4n) is 2.71. The highest BCUT2D eigenvalue weighted by atomic mass is 16.5. The molecule has 0 unspecified atom stereocenters. The Hall–Kier alpha value is -1.63. The topological polar surface area (TPSA) is 76.4 Å². The maximum atomic E-state index is 5.58. The lowest BCUT2D eigenvalue weighted by Gasteiger charge is -2.14. The van der Waals surface area contributed by atoms with E-state index in [0.717, 1.165) is 69.7 Å². The second-order valence-corrected chi connectivity index (χ2v) is 6.08. The Balaban J connectivity index is 1.75. The van der Waals surface area contributed by atoms with Gasteiger partial charge in [0.15, 0.2) is 11.8 Å². The van der Waals surface area contributed by atoms with E-state index in [0.29, 0.717) is 6.54 Å². The third-order valence-corrected chi connectivity index (χ3v) is 4.06. The molecular formula is C17H32N6O. The van der Waals surface area contributed by atoms with Crippen molar-refractivity contribution < 1.29 is 4.74 Å². The highest BCUT2D eigenvalue weighted by Crippen LogP contribution is 2.14. The number of guanidine groups is 1. The number of fused-ring (bicyclic) bond motifs is 1. The summed E-state index contributed by atoms with van der Waals surface area (Å²) in [5.74, 6) is 2.90. The van der Waals surface area contributed by atoms with Gasteiger partial charge in [-0.3, -0.25) is 0 Å². The molecule has 2 N–H and O–H groups in total. The molecule has 0 aliphatic carbocycles. The number of aliphatic imine (C=N–C) groups is 1. The zero-order valence-electron chi connectivity index (χ0n) is 15.2. The predicted molar refractivity (Wildman–Crippen MR) is 96.1 cm³/mol. The van der Waals surface area contributed by atoms with Crippen molar-refractivity contribution >= 4 is 5.96 Å². The Bertz CT molecular complexity index is 499. The van der Waals surface area contributed by atoms with Gasteiger partial charge in [0.05, 0.1) is 0 Å².